The molecular formula is C22H19ClN2O5S. The van der Waals surface area contributed by atoms with Gasteiger partial charge in [-0.1, -0.05) is 48.0 Å². The molecule has 0 aliphatic heterocycles. The number of carbonyl (C=O) groups is 2. The summed E-state index contributed by atoms with van der Waals surface area (Å²) in [6.07, 6.45) is 0. The van der Waals surface area contributed by atoms with Gasteiger partial charge in [0.15, 0.2) is 0 Å². The van der Waals surface area contributed by atoms with Crippen LogP contribution in [0.5, 0.6) is 0 Å². The number of sulfonamides is 1. The predicted molar refractivity (Wildman–Crippen MR) is 118 cm³/mol. The van der Waals surface area contributed by atoms with E-state index in [9.17, 15) is 18.0 Å². The first-order valence-corrected chi connectivity index (χ1v) is 11.0. The average molecular weight is 459 g/mol. The molecule has 0 fully saturated rings. The molecule has 7 nitrogen and oxygen atoms in total. The van der Waals surface area contributed by atoms with Crippen molar-refractivity contribution in [3.05, 3.63) is 94.5 Å². The molecule has 0 aliphatic rings. The predicted octanol–water partition coefficient (Wildman–Crippen LogP) is 3.86. The summed E-state index contributed by atoms with van der Waals surface area (Å²) in [5, 5.41) is 2.80. The van der Waals surface area contributed by atoms with Crippen molar-refractivity contribution in [3.63, 3.8) is 0 Å². The number of benzene rings is 3. The van der Waals surface area contributed by atoms with Crippen LogP contribution in [0, 0.1) is 0 Å². The average Bonchev–Trinajstić information content (AvgIpc) is 2.79. The molecule has 0 heterocycles. The Labute approximate surface area is 185 Å². The van der Waals surface area contributed by atoms with E-state index >= 15 is 0 Å². The molecule has 0 aromatic heterocycles. The fourth-order valence-corrected chi connectivity index (χ4v) is 3.99. The number of anilines is 1. The lowest BCUT2D eigenvalue weighted by atomic mass is 10.1. The van der Waals surface area contributed by atoms with Crippen molar-refractivity contribution >= 4 is 39.2 Å². The van der Waals surface area contributed by atoms with E-state index in [1.807, 2.05) is 18.2 Å². The Hall–Kier alpha value is -3.20. The highest BCUT2D eigenvalue weighted by molar-refractivity contribution is 7.89. The minimum absolute atomic E-state index is 0.0394. The molecule has 31 heavy (non-hydrogen) atoms. The molecule has 0 bridgehead atoms. The van der Waals surface area contributed by atoms with Gasteiger partial charge < -0.3 is 10.1 Å². The maximum Gasteiger partial charge on any atom is 0.339 e. The quantitative estimate of drug-likeness (QED) is 0.523. The van der Waals surface area contributed by atoms with E-state index in [4.69, 9.17) is 11.6 Å². The number of ether oxygens (including phenoxy) is 1. The van der Waals surface area contributed by atoms with Crippen molar-refractivity contribution in [2.24, 2.45) is 0 Å². The molecule has 0 spiro atoms. The van der Waals surface area contributed by atoms with Crippen LogP contribution >= 0.6 is 11.6 Å². The Morgan fingerprint density at radius 1 is 0.968 bits per heavy atom. The van der Waals surface area contributed by atoms with Crippen molar-refractivity contribution in [2.45, 2.75) is 11.4 Å². The summed E-state index contributed by atoms with van der Waals surface area (Å²) in [6, 6.07) is 19.1. The number of esters is 1. The molecule has 9 heteroatoms. The standard InChI is InChI=1S/C22H19ClN2O5S/c1-30-22(27)19-13-17(10-11-20(19)23)25-21(26)16-8-5-9-18(12-16)31(28,29)24-14-15-6-3-2-4-7-15/h2-13,24H,14H2,1H3,(H,25,26). The summed E-state index contributed by atoms with van der Waals surface area (Å²) in [4.78, 5) is 24.4. The SMILES string of the molecule is COC(=O)c1cc(NC(=O)c2cccc(S(=O)(=O)NCc3ccccc3)c2)ccc1Cl. The van der Waals surface area contributed by atoms with Gasteiger partial charge in [0.2, 0.25) is 10.0 Å². The third-order valence-corrected chi connectivity index (χ3v) is 6.07. The van der Waals surface area contributed by atoms with Gasteiger partial charge in [0, 0.05) is 17.8 Å². The van der Waals surface area contributed by atoms with Crippen LogP contribution in [-0.4, -0.2) is 27.4 Å². The third-order valence-electron chi connectivity index (χ3n) is 4.35. The number of hydrogen-bond acceptors (Lipinski definition) is 5. The van der Waals surface area contributed by atoms with E-state index in [1.54, 1.807) is 12.1 Å². The second-order valence-electron chi connectivity index (χ2n) is 6.48. The van der Waals surface area contributed by atoms with E-state index in [0.717, 1.165) is 5.56 Å². The van der Waals surface area contributed by atoms with Crippen LogP contribution in [0.1, 0.15) is 26.3 Å². The number of rotatable bonds is 7. The van der Waals surface area contributed by atoms with Crippen LogP contribution in [-0.2, 0) is 21.3 Å². The van der Waals surface area contributed by atoms with Crippen LogP contribution in [0.4, 0.5) is 5.69 Å². The van der Waals surface area contributed by atoms with Gasteiger partial charge in [-0.3, -0.25) is 4.79 Å². The van der Waals surface area contributed by atoms with Gasteiger partial charge in [-0.05, 0) is 42.0 Å². The maximum absolute atomic E-state index is 12.6. The Morgan fingerprint density at radius 3 is 2.42 bits per heavy atom. The van der Waals surface area contributed by atoms with Crippen molar-refractivity contribution in [1.82, 2.24) is 4.72 Å². The molecule has 160 valence electrons. The fraction of sp³-hybridized carbons (Fsp3) is 0.0909. The van der Waals surface area contributed by atoms with Gasteiger partial charge >= 0.3 is 5.97 Å². The first-order valence-electron chi connectivity index (χ1n) is 9.13. The Morgan fingerprint density at radius 2 is 1.71 bits per heavy atom. The zero-order valence-corrected chi connectivity index (χ0v) is 18.0. The molecule has 3 aromatic rings. The maximum atomic E-state index is 12.6. The minimum Gasteiger partial charge on any atom is -0.465 e. The summed E-state index contributed by atoms with van der Waals surface area (Å²) in [5.74, 6) is -1.18. The van der Waals surface area contributed by atoms with Crippen LogP contribution in [0.25, 0.3) is 0 Å². The van der Waals surface area contributed by atoms with Crippen molar-refractivity contribution in [1.29, 1.82) is 0 Å². The second-order valence-corrected chi connectivity index (χ2v) is 8.65. The number of methoxy groups -OCH3 is 1. The monoisotopic (exact) mass is 458 g/mol. The number of halogens is 1. The van der Waals surface area contributed by atoms with Gasteiger partial charge in [0.1, 0.15) is 0 Å². The zero-order valence-electron chi connectivity index (χ0n) is 16.5. The van der Waals surface area contributed by atoms with E-state index in [0.29, 0.717) is 5.69 Å². The number of nitrogens with one attached hydrogen (secondary N) is 2. The smallest absolute Gasteiger partial charge is 0.339 e. The van der Waals surface area contributed by atoms with Crippen LogP contribution in [0.3, 0.4) is 0 Å². The molecule has 1 amide bonds. The minimum atomic E-state index is -3.82. The summed E-state index contributed by atoms with van der Waals surface area (Å²) in [6.45, 7) is 0.126. The van der Waals surface area contributed by atoms with Crippen molar-refractivity contribution in [3.8, 4) is 0 Å². The summed E-state index contributed by atoms with van der Waals surface area (Å²) in [7, 11) is -2.60. The molecule has 0 saturated carbocycles. The molecule has 2 N–H and O–H groups in total. The van der Waals surface area contributed by atoms with Crippen LogP contribution in [0.15, 0.2) is 77.7 Å². The number of hydrogen-bond donors (Lipinski definition) is 2. The zero-order chi connectivity index (χ0) is 22.4. The normalized spacial score (nSPS) is 11.0. The van der Waals surface area contributed by atoms with Crippen LogP contribution < -0.4 is 10.0 Å². The molecular weight excluding hydrogens is 440 g/mol. The summed E-state index contributed by atoms with van der Waals surface area (Å²) in [5.41, 5.74) is 1.36. The molecule has 0 radical (unpaired) electrons. The molecule has 0 unspecified atom stereocenters. The van der Waals surface area contributed by atoms with E-state index in [2.05, 4.69) is 14.8 Å². The van der Waals surface area contributed by atoms with Gasteiger partial charge in [0.25, 0.3) is 5.91 Å². The first-order chi connectivity index (χ1) is 14.8. The van der Waals surface area contributed by atoms with Gasteiger partial charge in [-0.15, -0.1) is 0 Å². The molecule has 0 aliphatic carbocycles. The summed E-state index contributed by atoms with van der Waals surface area (Å²) < 4.78 is 32.4. The highest BCUT2D eigenvalue weighted by atomic mass is 35.5. The van der Waals surface area contributed by atoms with E-state index in [1.165, 1.54) is 49.6 Å². The molecule has 3 aromatic carbocycles. The Bertz CT molecular complexity index is 1210. The summed E-state index contributed by atoms with van der Waals surface area (Å²) >= 11 is 5.98. The lowest BCUT2D eigenvalue weighted by Gasteiger charge is -2.10. The fourth-order valence-electron chi connectivity index (χ4n) is 2.73. The molecule has 3 rings (SSSR count). The lowest BCUT2D eigenvalue weighted by molar-refractivity contribution is 0.0600. The van der Waals surface area contributed by atoms with Gasteiger partial charge in [0.05, 0.1) is 22.6 Å². The van der Waals surface area contributed by atoms with Crippen LogP contribution in [0.2, 0.25) is 5.02 Å². The van der Waals surface area contributed by atoms with E-state index < -0.39 is 21.9 Å². The highest BCUT2D eigenvalue weighted by Crippen LogP contribution is 2.22. The van der Waals surface area contributed by atoms with Gasteiger partial charge in [-0.2, -0.15) is 0 Å². The molecule has 0 atom stereocenters. The molecule has 0 saturated heterocycles. The Balaban J connectivity index is 1.76. The Kier molecular flexibility index (Phi) is 7.06. The highest BCUT2D eigenvalue weighted by Gasteiger charge is 2.17. The van der Waals surface area contributed by atoms with Crippen molar-refractivity contribution in [2.75, 3.05) is 12.4 Å². The number of carbonyl (C=O) groups excluding carboxylic acids is 2. The largest absolute Gasteiger partial charge is 0.465 e. The third kappa shape index (κ3) is 5.69. The number of amides is 1. The van der Waals surface area contributed by atoms with Crippen molar-refractivity contribution < 1.29 is 22.7 Å². The topological polar surface area (TPSA) is 102 Å². The lowest BCUT2D eigenvalue weighted by Crippen LogP contribution is -2.23. The van der Waals surface area contributed by atoms with Gasteiger partial charge in [-0.25, -0.2) is 17.9 Å². The first kappa shape index (κ1) is 22.5. The van der Waals surface area contributed by atoms with E-state index in [-0.39, 0.29) is 27.6 Å². The second kappa shape index (κ2) is 9.74.